The SMILES string of the molecule is COCCN(CCOCCOCCOc1c(OC)cccc1OC)CC(OC)c1ccc(-c2nc(-c3ccccc3)c(-c3ccccc3)[nH]2)cc1. The predicted molar refractivity (Wildman–Crippen MR) is 200 cm³/mol. The average Bonchev–Trinajstić information content (AvgIpc) is 3.64. The number of methoxy groups -OCH3 is 4. The van der Waals surface area contributed by atoms with Crippen LogP contribution in [0.4, 0.5) is 0 Å². The molecule has 10 nitrogen and oxygen atoms in total. The number of para-hydroxylation sites is 1. The van der Waals surface area contributed by atoms with E-state index in [1.54, 1.807) is 28.4 Å². The van der Waals surface area contributed by atoms with Crippen molar-refractivity contribution in [1.29, 1.82) is 0 Å². The molecular formula is C41H49N3O7. The molecule has 4 aromatic carbocycles. The van der Waals surface area contributed by atoms with Crippen molar-refractivity contribution >= 4 is 0 Å². The molecule has 5 rings (SSSR count). The third kappa shape index (κ3) is 10.6. The van der Waals surface area contributed by atoms with Gasteiger partial charge in [0.1, 0.15) is 12.4 Å². The van der Waals surface area contributed by atoms with E-state index in [1.807, 2.05) is 54.6 Å². The van der Waals surface area contributed by atoms with Crippen molar-refractivity contribution < 1.29 is 33.2 Å². The second-order valence-corrected chi connectivity index (χ2v) is 11.7. The van der Waals surface area contributed by atoms with Crippen molar-refractivity contribution in [2.75, 3.05) is 87.7 Å². The molecule has 10 heteroatoms. The number of imidazole rings is 1. The van der Waals surface area contributed by atoms with Gasteiger partial charge >= 0.3 is 0 Å². The molecule has 270 valence electrons. The van der Waals surface area contributed by atoms with E-state index in [0.29, 0.717) is 63.4 Å². The summed E-state index contributed by atoms with van der Waals surface area (Å²) >= 11 is 0. The molecule has 0 saturated carbocycles. The Morgan fingerprint density at radius 3 is 1.84 bits per heavy atom. The maximum atomic E-state index is 5.98. The lowest BCUT2D eigenvalue weighted by atomic mass is 10.1. The summed E-state index contributed by atoms with van der Waals surface area (Å²) in [6.45, 7) is 5.09. The quantitative estimate of drug-likeness (QED) is 0.0756. The molecule has 1 aromatic heterocycles. The van der Waals surface area contributed by atoms with Crippen LogP contribution in [0.15, 0.2) is 103 Å². The van der Waals surface area contributed by atoms with E-state index in [9.17, 15) is 0 Å². The van der Waals surface area contributed by atoms with Gasteiger partial charge in [0.25, 0.3) is 0 Å². The normalized spacial score (nSPS) is 11.9. The van der Waals surface area contributed by atoms with Crippen LogP contribution >= 0.6 is 0 Å². The summed E-state index contributed by atoms with van der Waals surface area (Å²) in [7, 11) is 6.67. The van der Waals surface area contributed by atoms with Crippen LogP contribution in [0.1, 0.15) is 11.7 Å². The fourth-order valence-corrected chi connectivity index (χ4v) is 5.73. The van der Waals surface area contributed by atoms with Gasteiger partial charge in [-0.05, 0) is 17.7 Å². The number of H-pyrrole nitrogens is 1. The fourth-order valence-electron chi connectivity index (χ4n) is 5.73. The van der Waals surface area contributed by atoms with Crippen LogP contribution in [0.2, 0.25) is 0 Å². The third-order valence-corrected chi connectivity index (χ3v) is 8.47. The maximum Gasteiger partial charge on any atom is 0.203 e. The Bertz CT molecular complexity index is 1640. The standard InChI is InChI=1S/C41H49N3O7/c1-45-24-22-44(23-25-49-26-27-50-28-29-51-40-35(46-2)16-11-17-36(40)47-3)30-37(48-4)31-18-20-34(21-19-31)41-42-38(32-12-7-5-8-13-32)39(43-41)33-14-9-6-10-15-33/h5-21,37H,22-30H2,1-4H3,(H,42,43). The van der Waals surface area contributed by atoms with Crippen LogP contribution in [-0.4, -0.2) is 103 Å². The molecule has 5 aromatic rings. The molecule has 1 atom stereocenters. The number of nitrogens with one attached hydrogen (secondary N) is 1. The Morgan fingerprint density at radius 1 is 0.608 bits per heavy atom. The Morgan fingerprint density at radius 2 is 1.22 bits per heavy atom. The molecular weight excluding hydrogens is 646 g/mol. The van der Waals surface area contributed by atoms with E-state index in [0.717, 1.165) is 52.6 Å². The van der Waals surface area contributed by atoms with Gasteiger partial charge in [0.15, 0.2) is 11.5 Å². The summed E-state index contributed by atoms with van der Waals surface area (Å²) in [5.74, 6) is 2.62. The van der Waals surface area contributed by atoms with E-state index in [-0.39, 0.29) is 6.10 Å². The first-order chi connectivity index (χ1) is 25.1. The topological polar surface area (TPSA) is 96.5 Å². The van der Waals surface area contributed by atoms with Gasteiger partial charge in [-0.15, -0.1) is 0 Å². The highest BCUT2D eigenvalue weighted by Gasteiger charge is 2.18. The van der Waals surface area contributed by atoms with Crippen LogP contribution in [-0.2, 0) is 18.9 Å². The molecule has 0 aliphatic rings. The molecule has 0 aliphatic heterocycles. The minimum atomic E-state index is -0.127. The van der Waals surface area contributed by atoms with E-state index >= 15 is 0 Å². The number of aromatic nitrogens is 2. The molecule has 0 spiro atoms. The smallest absolute Gasteiger partial charge is 0.203 e. The molecule has 1 unspecified atom stereocenters. The van der Waals surface area contributed by atoms with Gasteiger partial charge in [0.2, 0.25) is 5.75 Å². The predicted octanol–water partition coefficient (Wildman–Crippen LogP) is 7.18. The molecule has 1 heterocycles. The molecule has 0 radical (unpaired) electrons. The van der Waals surface area contributed by atoms with Crippen molar-refractivity contribution in [3.05, 3.63) is 109 Å². The molecule has 1 N–H and O–H groups in total. The summed E-state index contributed by atoms with van der Waals surface area (Å²) in [4.78, 5) is 10.9. The lowest BCUT2D eigenvalue weighted by Crippen LogP contribution is -2.35. The van der Waals surface area contributed by atoms with Crippen molar-refractivity contribution in [1.82, 2.24) is 14.9 Å². The van der Waals surface area contributed by atoms with E-state index < -0.39 is 0 Å². The average molecular weight is 696 g/mol. The zero-order chi connectivity index (χ0) is 35.7. The summed E-state index contributed by atoms with van der Waals surface area (Å²) < 4.78 is 39.6. The van der Waals surface area contributed by atoms with Gasteiger partial charge in [-0.3, -0.25) is 4.90 Å². The molecule has 51 heavy (non-hydrogen) atoms. The third-order valence-electron chi connectivity index (χ3n) is 8.47. The van der Waals surface area contributed by atoms with Crippen molar-refractivity contribution in [3.63, 3.8) is 0 Å². The first-order valence-electron chi connectivity index (χ1n) is 17.2. The van der Waals surface area contributed by atoms with E-state index in [4.69, 9.17) is 38.1 Å². The lowest BCUT2D eigenvalue weighted by molar-refractivity contribution is 0.0142. The number of rotatable bonds is 22. The minimum Gasteiger partial charge on any atom is -0.493 e. The lowest BCUT2D eigenvalue weighted by Gasteiger charge is -2.27. The molecule has 0 saturated heterocycles. The highest BCUT2D eigenvalue weighted by molar-refractivity contribution is 5.81. The number of hydrogen-bond acceptors (Lipinski definition) is 9. The van der Waals surface area contributed by atoms with Crippen molar-refractivity contribution in [2.45, 2.75) is 6.10 Å². The Balaban J connectivity index is 1.12. The van der Waals surface area contributed by atoms with Crippen LogP contribution in [0.25, 0.3) is 33.9 Å². The van der Waals surface area contributed by atoms with E-state index in [2.05, 4.69) is 58.4 Å². The van der Waals surface area contributed by atoms with Crippen LogP contribution in [0.5, 0.6) is 17.2 Å². The number of benzene rings is 4. The summed E-state index contributed by atoms with van der Waals surface area (Å²) in [5, 5.41) is 0. The monoisotopic (exact) mass is 695 g/mol. The van der Waals surface area contributed by atoms with Crippen LogP contribution in [0, 0.1) is 0 Å². The number of ether oxygens (including phenoxy) is 7. The Labute approximate surface area is 301 Å². The number of nitrogens with zero attached hydrogens (tertiary/aromatic N) is 2. The second kappa shape index (κ2) is 20.2. The summed E-state index contributed by atoms with van der Waals surface area (Å²) in [6, 6.07) is 34.5. The Hall–Kier alpha value is -4.71. The zero-order valence-electron chi connectivity index (χ0n) is 30.0. The minimum absolute atomic E-state index is 0.127. The highest BCUT2D eigenvalue weighted by atomic mass is 16.6. The van der Waals surface area contributed by atoms with Gasteiger partial charge in [-0.1, -0.05) is 91.0 Å². The summed E-state index contributed by atoms with van der Waals surface area (Å²) in [6.07, 6.45) is -0.127. The molecule has 0 bridgehead atoms. The summed E-state index contributed by atoms with van der Waals surface area (Å²) in [5.41, 5.74) is 6.18. The second-order valence-electron chi connectivity index (χ2n) is 11.7. The number of hydrogen-bond donors (Lipinski definition) is 1. The van der Waals surface area contributed by atoms with Crippen molar-refractivity contribution in [2.24, 2.45) is 0 Å². The van der Waals surface area contributed by atoms with Gasteiger partial charge < -0.3 is 38.1 Å². The van der Waals surface area contributed by atoms with Gasteiger partial charge in [0, 0.05) is 50.5 Å². The largest absolute Gasteiger partial charge is 0.493 e. The highest BCUT2D eigenvalue weighted by Crippen LogP contribution is 2.37. The van der Waals surface area contributed by atoms with Gasteiger partial charge in [0.05, 0.1) is 64.7 Å². The van der Waals surface area contributed by atoms with E-state index in [1.165, 1.54) is 0 Å². The van der Waals surface area contributed by atoms with Crippen LogP contribution < -0.4 is 14.2 Å². The van der Waals surface area contributed by atoms with Gasteiger partial charge in [-0.2, -0.15) is 0 Å². The van der Waals surface area contributed by atoms with Crippen LogP contribution in [0.3, 0.4) is 0 Å². The molecule has 0 fully saturated rings. The fraction of sp³-hybridized carbons (Fsp3) is 0.341. The van der Waals surface area contributed by atoms with Crippen molar-refractivity contribution in [3.8, 4) is 51.2 Å². The maximum absolute atomic E-state index is 5.98. The Kier molecular flexibility index (Phi) is 14.9. The number of aromatic amines is 1. The molecule has 0 aliphatic carbocycles. The first-order valence-corrected chi connectivity index (χ1v) is 17.2. The first kappa shape index (κ1) is 37.5. The molecule has 0 amide bonds. The van der Waals surface area contributed by atoms with Gasteiger partial charge in [-0.25, -0.2) is 4.98 Å². The zero-order valence-corrected chi connectivity index (χ0v) is 30.0.